The second-order valence-electron chi connectivity index (χ2n) is 2.65. The van der Waals surface area contributed by atoms with Crippen molar-refractivity contribution in [3.05, 3.63) is 32.5 Å². The second kappa shape index (κ2) is 3.51. The Balaban J connectivity index is 2.82. The molecule has 0 atom stereocenters. The highest BCUT2D eigenvalue weighted by Crippen LogP contribution is 2.30. The fourth-order valence-electron chi connectivity index (χ4n) is 1.27. The fraction of sp³-hybridized carbons (Fsp3) is 0.111. The van der Waals surface area contributed by atoms with Crippen LogP contribution in [0.15, 0.2) is 18.2 Å². The number of halogens is 2. The maximum Gasteiger partial charge on any atom is 0.177 e. The first-order valence-electron chi connectivity index (χ1n) is 3.69. The Kier molecular flexibility index (Phi) is 2.53. The van der Waals surface area contributed by atoms with Crippen molar-refractivity contribution >= 4 is 44.0 Å². The van der Waals surface area contributed by atoms with Crippen molar-refractivity contribution in [3.63, 3.8) is 0 Å². The molecule has 0 saturated carbocycles. The van der Waals surface area contributed by atoms with E-state index in [1.165, 1.54) is 6.07 Å². The molecule has 0 bridgehead atoms. The minimum atomic E-state index is -0.202. The van der Waals surface area contributed by atoms with Crippen LogP contribution in [0.4, 0.5) is 4.39 Å². The van der Waals surface area contributed by atoms with Crippen molar-refractivity contribution in [3.8, 4) is 0 Å². The van der Waals surface area contributed by atoms with Gasteiger partial charge in [-0.2, -0.15) is 4.39 Å². The van der Waals surface area contributed by atoms with Crippen molar-refractivity contribution in [2.45, 2.75) is 6.61 Å². The molecule has 1 N–H and O–H groups in total. The van der Waals surface area contributed by atoms with E-state index in [4.69, 9.17) is 5.11 Å². The Morgan fingerprint density at radius 3 is 2.92 bits per heavy atom. The van der Waals surface area contributed by atoms with Crippen molar-refractivity contribution in [2.75, 3.05) is 0 Å². The van der Waals surface area contributed by atoms with Gasteiger partial charge in [0.25, 0.3) is 0 Å². The van der Waals surface area contributed by atoms with Crippen molar-refractivity contribution < 1.29 is 9.50 Å². The molecule has 68 valence electrons. The zero-order valence-electron chi connectivity index (χ0n) is 6.55. The summed E-state index contributed by atoms with van der Waals surface area (Å²) in [4.78, 5) is 0. The van der Waals surface area contributed by atoms with Crippen LogP contribution in [0.1, 0.15) is 5.56 Å². The molecule has 0 aliphatic rings. The molecule has 1 heterocycles. The summed E-state index contributed by atoms with van der Waals surface area (Å²) in [6.45, 7) is -0.0359. The van der Waals surface area contributed by atoms with E-state index in [1.54, 1.807) is 0 Å². The quantitative estimate of drug-likeness (QED) is 0.803. The Morgan fingerprint density at radius 2 is 2.23 bits per heavy atom. The number of thiophene rings is 1. The molecule has 0 fully saturated rings. The third-order valence-electron chi connectivity index (χ3n) is 1.88. The van der Waals surface area contributed by atoms with Gasteiger partial charge in [-0.15, -0.1) is 11.3 Å². The molecule has 0 saturated heterocycles. The van der Waals surface area contributed by atoms with Crippen LogP contribution < -0.4 is 0 Å². The van der Waals surface area contributed by atoms with Gasteiger partial charge in [-0.05, 0) is 46.4 Å². The zero-order valence-corrected chi connectivity index (χ0v) is 9.52. The molecule has 0 amide bonds. The smallest absolute Gasteiger partial charge is 0.177 e. The molecule has 0 radical (unpaired) electrons. The molecule has 1 nitrogen and oxygen atoms in total. The lowest BCUT2D eigenvalue weighted by molar-refractivity contribution is 0.282. The normalized spacial score (nSPS) is 11.0. The standard InChI is InChI=1S/C9H6FIOS/c10-9-3-5-6(4-12)7(11)1-2-8(5)13-9/h1-3,12H,4H2. The van der Waals surface area contributed by atoms with E-state index in [2.05, 4.69) is 22.6 Å². The van der Waals surface area contributed by atoms with Gasteiger partial charge < -0.3 is 5.11 Å². The van der Waals surface area contributed by atoms with Gasteiger partial charge >= 0.3 is 0 Å². The third-order valence-corrected chi connectivity index (χ3v) is 3.78. The van der Waals surface area contributed by atoms with Gasteiger partial charge in [-0.3, -0.25) is 0 Å². The van der Waals surface area contributed by atoms with E-state index in [9.17, 15) is 4.39 Å². The zero-order chi connectivity index (χ0) is 9.42. The number of fused-ring (bicyclic) bond motifs is 1. The first-order chi connectivity index (χ1) is 6.22. The van der Waals surface area contributed by atoms with Gasteiger partial charge in [0.15, 0.2) is 5.13 Å². The second-order valence-corrected chi connectivity index (χ2v) is 4.84. The molecule has 2 aromatic rings. The average Bonchev–Trinajstić information content (AvgIpc) is 2.45. The highest BCUT2D eigenvalue weighted by molar-refractivity contribution is 14.1. The molecule has 2 rings (SSSR count). The summed E-state index contributed by atoms with van der Waals surface area (Å²) in [6, 6.07) is 5.25. The van der Waals surface area contributed by atoms with Crippen LogP contribution in [0.2, 0.25) is 0 Å². The molecule has 0 unspecified atom stereocenters. The van der Waals surface area contributed by atoms with Crippen molar-refractivity contribution in [1.82, 2.24) is 0 Å². The summed E-state index contributed by atoms with van der Waals surface area (Å²) in [5.41, 5.74) is 0.818. The summed E-state index contributed by atoms with van der Waals surface area (Å²) in [7, 11) is 0. The van der Waals surface area contributed by atoms with Crippen LogP contribution in [-0.4, -0.2) is 5.11 Å². The average molecular weight is 308 g/mol. The van der Waals surface area contributed by atoms with E-state index in [1.807, 2.05) is 12.1 Å². The lowest BCUT2D eigenvalue weighted by Crippen LogP contribution is -1.87. The maximum atomic E-state index is 12.9. The van der Waals surface area contributed by atoms with E-state index >= 15 is 0 Å². The highest BCUT2D eigenvalue weighted by Gasteiger charge is 2.08. The molecule has 1 aromatic carbocycles. The van der Waals surface area contributed by atoms with Crippen LogP contribution >= 0.6 is 33.9 Å². The van der Waals surface area contributed by atoms with Crippen LogP contribution in [0.5, 0.6) is 0 Å². The molecule has 4 heteroatoms. The summed E-state index contributed by atoms with van der Waals surface area (Å²) < 4.78 is 14.8. The Hall–Kier alpha value is -0.200. The molecule has 1 aromatic heterocycles. The molecular formula is C9H6FIOS. The van der Waals surface area contributed by atoms with E-state index in [0.29, 0.717) is 0 Å². The summed E-state index contributed by atoms with van der Waals surface area (Å²) in [5, 5.41) is 9.73. The molecular weight excluding hydrogens is 302 g/mol. The predicted molar refractivity (Wildman–Crippen MR) is 60.4 cm³/mol. The van der Waals surface area contributed by atoms with Crippen LogP contribution in [0.25, 0.3) is 10.1 Å². The van der Waals surface area contributed by atoms with Crippen LogP contribution in [0, 0.1) is 8.70 Å². The molecule has 0 spiro atoms. The number of hydrogen-bond donors (Lipinski definition) is 1. The molecule has 13 heavy (non-hydrogen) atoms. The maximum absolute atomic E-state index is 12.9. The number of aliphatic hydroxyl groups excluding tert-OH is 1. The van der Waals surface area contributed by atoms with Gasteiger partial charge in [-0.25, -0.2) is 0 Å². The van der Waals surface area contributed by atoms with Gasteiger partial charge in [-0.1, -0.05) is 0 Å². The monoisotopic (exact) mass is 308 g/mol. The van der Waals surface area contributed by atoms with E-state index in [-0.39, 0.29) is 11.7 Å². The number of aliphatic hydroxyl groups is 1. The Morgan fingerprint density at radius 1 is 1.46 bits per heavy atom. The van der Waals surface area contributed by atoms with E-state index < -0.39 is 0 Å². The third kappa shape index (κ3) is 1.58. The van der Waals surface area contributed by atoms with Gasteiger partial charge in [0.2, 0.25) is 0 Å². The Labute approximate surface area is 92.3 Å². The first-order valence-corrected chi connectivity index (χ1v) is 5.59. The van der Waals surface area contributed by atoms with Crippen molar-refractivity contribution in [2.24, 2.45) is 0 Å². The van der Waals surface area contributed by atoms with Gasteiger partial charge in [0.1, 0.15) is 0 Å². The minimum Gasteiger partial charge on any atom is -0.392 e. The molecule has 0 aliphatic heterocycles. The number of rotatable bonds is 1. The van der Waals surface area contributed by atoms with Gasteiger partial charge in [0.05, 0.1) is 6.61 Å². The minimum absolute atomic E-state index is 0.0359. The fourth-order valence-corrected chi connectivity index (χ4v) is 2.73. The van der Waals surface area contributed by atoms with E-state index in [0.717, 1.165) is 30.6 Å². The highest BCUT2D eigenvalue weighted by atomic mass is 127. The first kappa shape index (κ1) is 9.36. The van der Waals surface area contributed by atoms with Crippen molar-refractivity contribution in [1.29, 1.82) is 0 Å². The Bertz CT molecular complexity index is 452. The van der Waals surface area contributed by atoms with Crippen LogP contribution in [0.3, 0.4) is 0 Å². The lowest BCUT2D eigenvalue weighted by atomic mass is 10.1. The number of benzene rings is 1. The molecule has 0 aliphatic carbocycles. The van der Waals surface area contributed by atoms with Crippen LogP contribution in [-0.2, 0) is 6.61 Å². The predicted octanol–water partition coefficient (Wildman–Crippen LogP) is 3.14. The largest absolute Gasteiger partial charge is 0.392 e. The summed E-state index contributed by atoms with van der Waals surface area (Å²) in [6.07, 6.45) is 0. The summed E-state index contributed by atoms with van der Waals surface area (Å²) in [5.74, 6) is 0. The topological polar surface area (TPSA) is 20.2 Å². The number of hydrogen-bond acceptors (Lipinski definition) is 2. The van der Waals surface area contributed by atoms with Gasteiger partial charge in [0, 0.05) is 13.7 Å². The lowest BCUT2D eigenvalue weighted by Gasteiger charge is -2.01. The summed E-state index contributed by atoms with van der Waals surface area (Å²) >= 11 is 3.25. The SMILES string of the molecule is OCc1c(I)ccc2sc(F)cc12.